The van der Waals surface area contributed by atoms with E-state index in [2.05, 4.69) is 18.8 Å². The van der Waals surface area contributed by atoms with Crippen molar-refractivity contribution in [2.24, 2.45) is 5.92 Å². The molecule has 0 spiro atoms. The summed E-state index contributed by atoms with van der Waals surface area (Å²) < 4.78 is 0. The van der Waals surface area contributed by atoms with Crippen LogP contribution in [0, 0.1) is 5.92 Å². The lowest BCUT2D eigenvalue weighted by atomic mass is 10.1. The molecule has 1 aromatic heterocycles. The number of carbonyl (C=O) groups is 2. The number of fused-ring (bicyclic) bond motifs is 1. The van der Waals surface area contributed by atoms with Crippen LogP contribution in [0.1, 0.15) is 33.6 Å². The van der Waals surface area contributed by atoms with Gasteiger partial charge in [0, 0.05) is 32.8 Å². The molecule has 0 aliphatic carbocycles. The van der Waals surface area contributed by atoms with Crippen LogP contribution < -0.4 is 4.90 Å². The highest BCUT2D eigenvalue weighted by Gasteiger charge is 2.36. The number of anilines is 1. The third-order valence-corrected chi connectivity index (χ3v) is 4.92. The highest BCUT2D eigenvalue weighted by Crippen LogP contribution is 2.39. The molecule has 0 fully saturated rings. The predicted molar refractivity (Wildman–Crippen MR) is 93.6 cm³/mol. The van der Waals surface area contributed by atoms with E-state index < -0.39 is 0 Å². The van der Waals surface area contributed by atoms with Crippen LogP contribution in [0.3, 0.4) is 0 Å². The summed E-state index contributed by atoms with van der Waals surface area (Å²) in [4.78, 5) is 33.0. The Kier molecular flexibility index (Phi) is 6.04. The second-order valence-corrected chi connectivity index (χ2v) is 7.49. The molecule has 126 valence electrons. The van der Waals surface area contributed by atoms with Crippen molar-refractivity contribution in [2.45, 2.75) is 43.9 Å². The molecule has 2 rings (SSSR count). The van der Waals surface area contributed by atoms with Crippen LogP contribution in [0.4, 0.5) is 5.69 Å². The molecule has 0 bridgehead atoms. The van der Waals surface area contributed by atoms with Crippen molar-refractivity contribution in [1.82, 2.24) is 9.88 Å². The topological polar surface area (TPSA) is 53.5 Å². The normalized spacial score (nSPS) is 17.3. The Morgan fingerprint density at radius 1 is 1.48 bits per heavy atom. The molecule has 0 unspecified atom stereocenters. The molecule has 1 atom stereocenters. The highest BCUT2D eigenvalue weighted by molar-refractivity contribution is 8.00. The summed E-state index contributed by atoms with van der Waals surface area (Å²) in [7, 11) is 1.79. The molecule has 0 N–H and O–H groups in total. The number of carbonyl (C=O) groups excluding carboxylic acids is 2. The van der Waals surface area contributed by atoms with Crippen LogP contribution in [0.15, 0.2) is 23.4 Å². The van der Waals surface area contributed by atoms with Crippen LogP contribution in [0.2, 0.25) is 0 Å². The van der Waals surface area contributed by atoms with Gasteiger partial charge >= 0.3 is 0 Å². The standard InChI is InChI=1S/C17H25N3O2S/c1-5-9-19(4)15(21)10-14-17(22)20(11-12(2)3)13-7-6-8-18-16(13)23-14/h6-8,12,14H,5,9-11H2,1-4H3/t14-/m1/s1. The number of thioether (sulfide) groups is 1. The van der Waals surface area contributed by atoms with E-state index in [4.69, 9.17) is 0 Å². The van der Waals surface area contributed by atoms with Crippen molar-refractivity contribution in [2.75, 3.05) is 25.0 Å². The van der Waals surface area contributed by atoms with Gasteiger partial charge in [-0.25, -0.2) is 4.98 Å². The van der Waals surface area contributed by atoms with Crippen molar-refractivity contribution in [1.29, 1.82) is 0 Å². The summed E-state index contributed by atoms with van der Waals surface area (Å²) in [5, 5.41) is 0.451. The van der Waals surface area contributed by atoms with Gasteiger partial charge < -0.3 is 9.80 Å². The summed E-state index contributed by atoms with van der Waals surface area (Å²) in [5.74, 6) is 0.387. The maximum atomic E-state index is 12.8. The van der Waals surface area contributed by atoms with Crippen LogP contribution >= 0.6 is 11.8 Å². The summed E-state index contributed by atoms with van der Waals surface area (Å²) in [5.41, 5.74) is 0.863. The Labute approximate surface area is 142 Å². The Morgan fingerprint density at radius 3 is 2.87 bits per heavy atom. The van der Waals surface area contributed by atoms with E-state index in [-0.39, 0.29) is 23.5 Å². The number of pyridine rings is 1. The molecular formula is C17H25N3O2S. The number of amides is 2. The van der Waals surface area contributed by atoms with Gasteiger partial charge in [-0.2, -0.15) is 0 Å². The fourth-order valence-corrected chi connectivity index (χ4v) is 3.76. The fraction of sp³-hybridized carbons (Fsp3) is 0.588. The largest absolute Gasteiger partial charge is 0.346 e. The van der Waals surface area contributed by atoms with Crippen molar-refractivity contribution in [3.8, 4) is 0 Å². The lowest BCUT2D eigenvalue weighted by molar-refractivity contribution is -0.131. The number of hydrogen-bond acceptors (Lipinski definition) is 4. The molecule has 6 heteroatoms. The van der Waals surface area contributed by atoms with Crippen LogP contribution in [0.25, 0.3) is 0 Å². The number of aromatic nitrogens is 1. The molecule has 0 aromatic carbocycles. The minimum absolute atomic E-state index is 0.0154. The van der Waals surface area contributed by atoms with Gasteiger partial charge in [-0.15, -0.1) is 0 Å². The van der Waals surface area contributed by atoms with Crippen molar-refractivity contribution in [3.05, 3.63) is 18.3 Å². The first-order valence-corrected chi connectivity index (χ1v) is 8.99. The summed E-state index contributed by atoms with van der Waals surface area (Å²) >= 11 is 1.41. The van der Waals surface area contributed by atoms with Gasteiger partial charge in [-0.05, 0) is 24.5 Å². The first-order chi connectivity index (χ1) is 10.9. The van der Waals surface area contributed by atoms with E-state index in [1.54, 1.807) is 23.0 Å². The lowest BCUT2D eigenvalue weighted by Gasteiger charge is -2.34. The Morgan fingerprint density at radius 2 is 2.22 bits per heavy atom. The molecule has 1 aromatic rings. The highest BCUT2D eigenvalue weighted by atomic mass is 32.2. The third kappa shape index (κ3) is 4.25. The van der Waals surface area contributed by atoms with E-state index >= 15 is 0 Å². The van der Waals surface area contributed by atoms with Gasteiger partial charge in [0.25, 0.3) is 0 Å². The molecule has 0 saturated carbocycles. The summed E-state index contributed by atoms with van der Waals surface area (Å²) in [6, 6.07) is 3.78. The number of nitrogens with zero attached hydrogens (tertiary/aromatic N) is 3. The van der Waals surface area contributed by atoms with Gasteiger partial charge in [-0.1, -0.05) is 32.5 Å². The van der Waals surface area contributed by atoms with Gasteiger partial charge in [-0.3, -0.25) is 9.59 Å². The van der Waals surface area contributed by atoms with Gasteiger partial charge in [0.1, 0.15) is 5.03 Å². The van der Waals surface area contributed by atoms with E-state index in [9.17, 15) is 9.59 Å². The van der Waals surface area contributed by atoms with Gasteiger partial charge in [0.05, 0.1) is 10.9 Å². The Bertz CT molecular complexity index is 577. The van der Waals surface area contributed by atoms with Crippen LogP contribution in [-0.2, 0) is 9.59 Å². The zero-order chi connectivity index (χ0) is 17.0. The molecule has 0 saturated heterocycles. The molecule has 5 nitrogen and oxygen atoms in total. The minimum atomic E-state index is -0.386. The van der Waals surface area contributed by atoms with Gasteiger partial charge in [0.15, 0.2) is 0 Å². The molecule has 2 amide bonds. The van der Waals surface area contributed by atoms with E-state index in [1.807, 2.05) is 19.1 Å². The maximum Gasteiger partial charge on any atom is 0.241 e. The third-order valence-electron chi connectivity index (χ3n) is 3.73. The SMILES string of the molecule is CCCN(C)C(=O)C[C@H]1Sc2ncccc2N(CC(C)C)C1=O. The second kappa shape index (κ2) is 7.81. The summed E-state index contributed by atoms with van der Waals surface area (Å²) in [6.45, 7) is 7.57. The first-order valence-electron chi connectivity index (χ1n) is 8.11. The minimum Gasteiger partial charge on any atom is -0.346 e. The monoisotopic (exact) mass is 335 g/mol. The van der Waals surface area contributed by atoms with Gasteiger partial charge in [0.2, 0.25) is 11.8 Å². The second-order valence-electron chi connectivity index (χ2n) is 6.30. The van der Waals surface area contributed by atoms with Crippen molar-refractivity contribution < 1.29 is 9.59 Å². The quantitative estimate of drug-likeness (QED) is 0.802. The predicted octanol–water partition coefficient (Wildman–Crippen LogP) is 2.80. The van der Waals surface area contributed by atoms with Crippen molar-refractivity contribution >= 4 is 29.3 Å². The molecule has 1 aliphatic heterocycles. The fourth-order valence-electron chi connectivity index (χ4n) is 2.61. The zero-order valence-corrected chi connectivity index (χ0v) is 15.1. The zero-order valence-electron chi connectivity index (χ0n) is 14.3. The molecule has 0 radical (unpaired) electrons. The van der Waals surface area contributed by atoms with E-state index in [0.717, 1.165) is 23.7 Å². The van der Waals surface area contributed by atoms with E-state index in [1.165, 1.54) is 11.8 Å². The Balaban J connectivity index is 2.20. The average molecular weight is 335 g/mol. The first kappa shape index (κ1) is 17.8. The summed E-state index contributed by atoms with van der Waals surface area (Å²) in [6.07, 6.45) is 2.87. The van der Waals surface area contributed by atoms with Crippen LogP contribution in [-0.4, -0.2) is 47.1 Å². The van der Waals surface area contributed by atoms with Crippen molar-refractivity contribution in [3.63, 3.8) is 0 Å². The van der Waals surface area contributed by atoms with Crippen LogP contribution in [0.5, 0.6) is 0 Å². The molecule has 23 heavy (non-hydrogen) atoms. The Hall–Kier alpha value is -1.56. The van der Waals surface area contributed by atoms with E-state index in [0.29, 0.717) is 12.5 Å². The molecule has 1 aliphatic rings. The molecular weight excluding hydrogens is 310 g/mol. The average Bonchev–Trinajstić information content (AvgIpc) is 2.51. The molecule has 2 heterocycles. The number of hydrogen-bond donors (Lipinski definition) is 0. The number of rotatable bonds is 6. The lowest BCUT2D eigenvalue weighted by Crippen LogP contribution is -2.45. The maximum absolute atomic E-state index is 12.8. The smallest absolute Gasteiger partial charge is 0.241 e.